The van der Waals surface area contributed by atoms with Gasteiger partial charge in [0.25, 0.3) is 0 Å². The van der Waals surface area contributed by atoms with Crippen LogP contribution in [0.3, 0.4) is 0 Å². The predicted octanol–water partition coefficient (Wildman–Crippen LogP) is 2.02. The zero-order valence-electron chi connectivity index (χ0n) is 13.0. The highest BCUT2D eigenvalue weighted by molar-refractivity contribution is 5.85. The van der Waals surface area contributed by atoms with Crippen LogP contribution in [-0.4, -0.2) is 36.9 Å². The van der Waals surface area contributed by atoms with E-state index >= 15 is 0 Å². The Hall–Kier alpha value is -1.96. The van der Waals surface area contributed by atoms with Crippen molar-refractivity contribution in [3.63, 3.8) is 0 Å². The lowest BCUT2D eigenvalue weighted by Crippen LogP contribution is -2.52. The fourth-order valence-electron chi connectivity index (χ4n) is 2.36. The van der Waals surface area contributed by atoms with Gasteiger partial charge in [-0.1, -0.05) is 6.07 Å². The highest BCUT2D eigenvalue weighted by atomic mass is 19.4. The molecule has 128 valence electrons. The van der Waals surface area contributed by atoms with E-state index in [-0.39, 0.29) is 17.7 Å². The average Bonchev–Trinajstić information content (AvgIpc) is 2.84. The molecule has 1 aliphatic heterocycles. The third-order valence-corrected chi connectivity index (χ3v) is 3.53. The molecule has 0 aliphatic carbocycles. The molecule has 1 heterocycles. The Morgan fingerprint density at radius 2 is 2.09 bits per heavy atom. The van der Waals surface area contributed by atoms with Crippen LogP contribution >= 0.6 is 0 Å². The maximum absolute atomic E-state index is 12.3. The molecule has 23 heavy (non-hydrogen) atoms. The molecule has 1 amide bonds. The third-order valence-electron chi connectivity index (χ3n) is 3.53. The van der Waals surface area contributed by atoms with Crippen LogP contribution in [0.1, 0.15) is 20.3 Å². The first-order chi connectivity index (χ1) is 10.5. The molecule has 1 fully saturated rings. The van der Waals surface area contributed by atoms with Crippen LogP contribution in [0.5, 0.6) is 5.75 Å². The number of nitrogens with two attached hydrogens (primary N) is 1. The van der Waals surface area contributed by atoms with Gasteiger partial charge in [-0.15, -0.1) is 13.2 Å². The number of nitrogens with one attached hydrogen (secondary N) is 1. The largest absolute Gasteiger partial charge is 0.573 e. The number of rotatable bonds is 4. The summed E-state index contributed by atoms with van der Waals surface area (Å²) in [5.74, 6) is -0.510. The first-order valence-corrected chi connectivity index (χ1v) is 7.25. The van der Waals surface area contributed by atoms with E-state index in [0.717, 1.165) is 0 Å². The maximum Gasteiger partial charge on any atom is 0.573 e. The van der Waals surface area contributed by atoms with Gasteiger partial charge in [0.2, 0.25) is 5.91 Å². The number of ether oxygens (including phenoxy) is 1. The minimum Gasteiger partial charge on any atom is -0.406 e. The van der Waals surface area contributed by atoms with Crippen LogP contribution in [0.25, 0.3) is 0 Å². The van der Waals surface area contributed by atoms with Crippen LogP contribution in [0.4, 0.5) is 18.9 Å². The van der Waals surface area contributed by atoms with Gasteiger partial charge in [0.15, 0.2) is 0 Å². The van der Waals surface area contributed by atoms with Crippen LogP contribution in [0.2, 0.25) is 0 Å². The van der Waals surface area contributed by atoms with Crippen LogP contribution < -0.4 is 20.7 Å². The molecule has 1 aromatic carbocycles. The van der Waals surface area contributed by atoms with Gasteiger partial charge in [-0.2, -0.15) is 0 Å². The van der Waals surface area contributed by atoms with Gasteiger partial charge >= 0.3 is 6.36 Å². The SMILES string of the molecule is CC(C)(N)C(=O)NC1CCN(c2cccc(OC(F)(F)F)c2)C1. The van der Waals surface area contributed by atoms with E-state index in [1.807, 2.05) is 4.90 Å². The van der Waals surface area contributed by atoms with Gasteiger partial charge in [0, 0.05) is 30.9 Å². The molecule has 1 atom stereocenters. The number of carbonyl (C=O) groups is 1. The first-order valence-electron chi connectivity index (χ1n) is 7.25. The summed E-state index contributed by atoms with van der Waals surface area (Å²) in [5.41, 5.74) is 5.39. The van der Waals surface area contributed by atoms with Crippen molar-refractivity contribution in [3.8, 4) is 5.75 Å². The molecule has 2 rings (SSSR count). The Bertz CT molecular complexity index is 570. The molecule has 0 radical (unpaired) electrons. The molecule has 1 aliphatic rings. The summed E-state index contributed by atoms with van der Waals surface area (Å²) in [6, 6.07) is 5.72. The van der Waals surface area contributed by atoms with E-state index in [2.05, 4.69) is 10.1 Å². The lowest BCUT2D eigenvalue weighted by molar-refractivity contribution is -0.274. The molecule has 0 saturated carbocycles. The van der Waals surface area contributed by atoms with Crippen molar-refractivity contribution in [1.82, 2.24) is 5.32 Å². The van der Waals surface area contributed by atoms with Crippen LogP contribution in [0, 0.1) is 0 Å². The molecule has 1 aromatic rings. The topological polar surface area (TPSA) is 67.6 Å². The van der Waals surface area contributed by atoms with E-state index in [9.17, 15) is 18.0 Å². The van der Waals surface area contributed by atoms with E-state index in [1.165, 1.54) is 18.2 Å². The van der Waals surface area contributed by atoms with Crippen molar-refractivity contribution in [1.29, 1.82) is 0 Å². The fraction of sp³-hybridized carbons (Fsp3) is 0.533. The zero-order valence-corrected chi connectivity index (χ0v) is 13.0. The van der Waals surface area contributed by atoms with Crippen molar-refractivity contribution in [2.75, 3.05) is 18.0 Å². The Labute approximate surface area is 132 Å². The van der Waals surface area contributed by atoms with E-state index in [0.29, 0.717) is 25.2 Å². The van der Waals surface area contributed by atoms with Crippen molar-refractivity contribution in [2.24, 2.45) is 5.73 Å². The Balaban J connectivity index is 1.99. The minimum absolute atomic E-state index is 0.0856. The molecule has 1 saturated heterocycles. The average molecular weight is 331 g/mol. The number of anilines is 1. The molecular weight excluding hydrogens is 311 g/mol. The van der Waals surface area contributed by atoms with E-state index in [1.54, 1.807) is 19.9 Å². The number of amides is 1. The monoisotopic (exact) mass is 331 g/mol. The molecule has 5 nitrogen and oxygen atoms in total. The second kappa shape index (κ2) is 6.27. The summed E-state index contributed by atoms with van der Waals surface area (Å²) < 4.78 is 40.7. The lowest BCUT2D eigenvalue weighted by Gasteiger charge is -2.23. The van der Waals surface area contributed by atoms with Gasteiger partial charge < -0.3 is 20.7 Å². The number of hydrogen-bond acceptors (Lipinski definition) is 4. The zero-order chi connectivity index (χ0) is 17.3. The summed E-state index contributed by atoms with van der Waals surface area (Å²) in [6.07, 6.45) is -4.01. The molecule has 8 heteroatoms. The second-order valence-corrected chi connectivity index (χ2v) is 6.17. The second-order valence-electron chi connectivity index (χ2n) is 6.17. The summed E-state index contributed by atoms with van der Waals surface area (Å²) >= 11 is 0. The van der Waals surface area contributed by atoms with Gasteiger partial charge in [-0.05, 0) is 32.4 Å². The summed E-state index contributed by atoms with van der Waals surface area (Å²) in [6.45, 7) is 4.38. The summed E-state index contributed by atoms with van der Waals surface area (Å²) in [5, 5.41) is 2.85. The van der Waals surface area contributed by atoms with Gasteiger partial charge in [-0.3, -0.25) is 4.79 Å². The van der Waals surface area contributed by atoms with E-state index < -0.39 is 11.9 Å². The highest BCUT2D eigenvalue weighted by Gasteiger charge is 2.32. The van der Waals surface area contributed by atoms with Crippen molar-refractivity contribution >= 4 is 11.6 Å². The predicted molar refractivity (Wildman–Crippen MR) is 80.2 cm³/mol. The fourth-order valence-corrected chi connectivity index (χ4v) is 2.36. The normalized spacial score (nSPS) is 18.9. The van der Waals surface area contributed by atoms with Crippen molar-refractivity contribution in [2.45, 2.75) is 38.2 Å². The Morgan fingerprint density at radius 3 is 2.70 bits per heavy atom. The quantitative estimate of drug-likeness (QED) is 0.886. The highest BCUT2D eigenvalue weighted by Crippen LogP contribution is 2.28. The Kier molecular flexibility index (Phi) is 4.74. The van der Waals surface area contributed by atoms with Gasteiger partial charge in [0.05, 0.1) is 5.54 Å². The van der Waals surface area contributed by atoms with Gasteiger partial charge in [0.1, 0.15) is 5.75 Å². The van der Waals surface area contributed by atoms with Gasteiger partial charge in [-0.25, -0.2) is 0 Å². The third kappa shape index (κ3) is 5.02. The number of hydrogen-bond donors (Lipinski definition) is 2. The van der Waals surface area contributed by atoms with Crippen molar-refractivity contribution in [3.05, 3.63) is 24.3 Å². The summed E-state index contributed by atoms with van der Waals surface area (Å²) in [7, 11) is 0. The smallest absolute Gasteiger partial charge is 0.406 e. The number of carbonyl (C=O) groups excluding carboxylic acids is 1. The molecule has 3 N–H and O–H groups in total. The van der Waals surface area contributed by atoms with Crippen LogP contribution in [0.15, 0.2) is 24.3 Å². The standard InChI is InChI=1S/C15H20F3N3O2/c1-14(2,19)13(22)20-10-6-7-21(9-10)11-4-3-5-12(8-11)23-15(16,17)18/h3-5,8,10H,6-7,9,19H2,1-2H3,(H,20,22). The molecule has 0 bridgehead atoms. The number of halogens is 3. The lowest BCUT2D eigenvalue weighted by atomic mass is 10.1. The minimum atomic E-state index is -4.72. The number of nitrogens with zero attached hydrogens (tertiary/aromatic N) is 1. The molecule has 0 aromatic heterocycles. The van der Waals surface area contributed by atoms with Crippen LogP contribution in [-0.2, 0) is 4.79 Å². The van der Waals surface area contributed by atoms with E-state index in [4.69, 9.17) is 5.73 Å². The van der Waals surface area contributed by atoms with Crippen molar-refractivity contribution < 1.29 is 22.7 Å². The molecular formula is C15H20F3N3O2. The first kappa shape index (κ1) is 17.4. The number of benzene rings is 1. The maximum atomic E-state index is 12.3. The molecule has 1 unspecified atom stereocenters. The summed E-state index contributed by atoms with van der Waals surface area (Å²) in [4.78, 5) is 13.8. The molecule has 0 spiro atoms. The Morgan fingerprint density at radius 1 is 1.39 bits per heavy atom. The number of alkyl halides is 3.